The minimum Gasteiger partial charge on any atom is -0.350 e. The molecule has 1 atom stereocenters. The molecular weight excluding hydrogens is 248 g/mol. The lowest BCUT2D eigenvalue weighted by Gasteiger charge is -2.13. The number of nitrogens with two attached hydrogens (primary N) is 1. The number of hydrogen-bond donors (Lipinski definition) is 2. The van der Waals surface area contributed by atoms with Crippen LogP contribution in [0, 0.1) is 13.8 Å². The molecule has 1 unspecified atom stereocenters. The second kappa shape index (κ2) is 6.35. The molecule has 0 fully saturated rings. The lowest BCUT2D eigenvalue weighted by atomic mass is 10.0. The van der Waals surface area contributed by atoms with Gasteiger partial charge in [0.15, 0.2) is 0 Å². The van der Waals surface area contributed by atoms with Crippen molar-refractivity contribution in [3.63, 3.8) is 0 Å². The predicted octanol–water partition coefficient (Wildman–Crippen LogP) is 2.62. The Morgan fingerprint density at radius 3 is 2.50 bits per heavy atom. The largest absolute Gasteiger partial charge is 0.350 e. The average molecular weight is 268 g/mol. The van der Waals surface area contributed by atoms with Crippen molar-refractivity contribution in [2.45, 2.75) is 26.4 Å². The summed E-state index contributed by atoms with van der Waals surface area (Å²) >= 11 is 0. The van der Waals surface area contributed by atoms with Gasteiger partial charge in [0.05, 0.1) is 0 Å². The number of amides is 1. The Labute approximate surface area is 119 Å². The minimum atomic E-state index is -0.623. The third-order valence-electron chi connectivity index (χ3n) is 3.39. The highest BCUT2D eigenvalue weighted by Crippen LogP contribution is 2.12. The quantitative estimate of drug-likeness (QED) is 0.895. The van der Waals surface area contributed by atoms with Gasteiger partial charge in [0, 0.05) is 6.54 Å². The van der Waals surface area contributed by atoms with Crippen LogP contribution in [-0.2, 0) is 11.3 Å². The third-order valence-corrected chi connectivity index (χ3v) is 3.39. The highest BCUT2D eigenvalue weighted by atomic mass is 16.2. The van der Waals surface area contributed by atoms with Crippen LogP contribution in [0.5, 0.6) is 0 Å². The van der Waals surface area contributed by atoms with E-state index in [9.17, 15) is 4.79 Å². The van der Waals surface area contributed by atoms with E-state index in [0.29, 0.717) is 6.54 Å². The van der Waals surface area contributed by atoms with Crippen LogP contribution in [0.2, 0.25) is 0 Å². The van der Waals surface area contributed by atoms with Crippen LogP contribution in [-0.4, -0.2) is 5.91 Å². The van der Waals surface area contributed by atoms with E-state index in [1.807, 2.05) is 49.4 Å². The van der Waals surface area contributed by atoms with E-state index in [1.165, 1.54) is 11.1 Å². The molecule has 2 rings (SSSR count). The summed E-state index contributed by atoms with van der Waals surface area (Å²) < 4.78 is 0. The normalized spacial score (nSPS) is 11.9. The van der Waals surface area contributed by atoms with Crippen LogP contribution in [0.3, 0.4) is 0 Å². The van der Waals surface area contributed by atoms with Crippen LogP contribution in [0.4, 0.5) is 0 Å². The Bertz CT molecular complexity index is 593. The van der Waals surface area contributed by atoms with Gasteiger partial charge in [-0.1, -0.05) is 54.1 Å². The van der Waals surface area contributed by atoms with E-state index in [0.717, 1.165) is 11.1 Å². The van der Waals surface area contributed by atoms with Crippen molar-refractivity contribution in [2.75, 3.05) is 0 Å². The Hall–Kier alpha value is -2.13. The van der Waals surface area contributed by atoms with Gasteiger partial charge >= 0.3 is 0 Å². The molecule has 0 heterocycles. The van der Waals surface area contributed by atoms with Gasteiger partial charge in [-0.05, 0) is 30.5 Å². The molecular formula is C17H20N2O. The molecule has 0 aliphatic heterocycles. The fourth-order valence-corrected chi connectivity index (χ4v) is 2.15. The van der Waals surface area contributed by atoms with E-state index in [1.54, 1.807) is 0 Å². The molecule has 3 heteroatoms. The molecule has 0 aliphatic rings. The van der Waals surface area contributed by atoms with Gasteiger partial charge in [0.25, 0.3) is 0 Å². The second-order valence-corrected chi connectivity index (χ2v) is 5.04. The summed E-state index contributed by atoms with van der Waals surface area (Å²) in [6.07, 6.45) is 0. The van der Waals surface area contributed by atoms with E-state index >= 15 is 0 Å². The first-order valence-corrected chi connectivity index (χ1v) is 6.72. The van der Waals surface area contributed by atoms with Crippen molar-refractivity contribution < 1.29 is 4.79 Å². The zero-order valence-corrected chi connectivity index (χ0v) is 11.9. The van der Waals surface area contributed by atoms with E-state index in [2.05, 4.69) is 18.3 Å². The molecule has 0 bridgehead atoms. The number of carbonyl (C=O) groups excluding carboxylic acids is 1. The van der Waals surface area contributed by atoms with Gasteiger partial charge in [-0.15, -0.1) is 0 Å². The summed E-state index contributed by atoms with van der Waals surface area (Å²) in [5.74, 6) is -0.156. The molecule has 0 radical (unpaired) electrons. The molecule has 1 amide bonds. The van der Waals surface area contributed by atoms with Crippen molar-refractivity contribution in [1.29, 1.82) is 0 Å². The van der Waals surface area contributed by atoms with E-state index in [-0.39, 0.29) is 5.91 Å². The zero-order valence-electron chi connectivity index (χ0n) is 11.9. The molecule has 0 saturated heterocycles. The van der Waals surface area contributed by atoms with Crippen LogP contribution >= 0.6 is 0 Å². The first-order valence-electron chi connectivity index (χ1n) is 6.72. The molecule has 104 valence electrons. The summed E-state index contributed by atoms with van der Waals surface area (Å²) in [4.78, 5) is 12.1. The summed E-state index contributed by atoms with van der Waals surface area (Å²) in [5.41, 5.74) is 10.3. The number of benzene rings is 2. The third kappa shape index (κ3) is 3.45. The monoisotopic (exact) mass is 268 g/mol. The zero-order chi connectivity index (χ0) is 14.5. The fraction of sp³-hybridized carbons (Fsp3) is 0.235. The number of nitrogens with one attached hydrogen (secondary N) is 1. The Morgan fingerprint density at radius 2 is 1.85 bits per heavy atom. The average Bonchev–Trinajstić information content (AvgIpc) is 2.46. The predicted molar refractivity (Wildman–Crippen MR) is 81.1 cm³/mol. The molecule has 0 aliphatic carbocycles. The van der Waals surface area contributed by atoms with Crippen LogP contribution < -0.4 is 11.1 Å². The van der Waals surface area contributed by atoms with Crippen molar-refractivity contribution in [1.82, 2.24) is 5.32 Å². The molecule has 3 N–H and O–H groups in total. The van der Waals surface area contributed by atoms with Gasteiger partial charge in [0.2, 0.25) is 5.91 Å². The molecule has 0 aromatic heterocycles. The van der Waals surface area contributed by atoms with Gasteiger partial charge in [-0.25, -0.2) is 0 Å². The second-order valence-electron chi connectivity index (χ2n) is 5.04. The highest BCUT2D eigenvalue weighted by Gasteiger charge is 2.14. The maximum Gasteiger partial charge on any atom is 0.241 e. The van der Waals surface area contributed by atoms with Gasteiger partial charge in [-0.2, -0.15) is 0 Å². The molecule has 3 nitrogen and oxygen atoms in total. The highest BCUT2D eigenvalue weighted by molar-refractivity contribution is 5.82. The molecule has 2 aromatic rings. The Balaban J connectivity index is 1.98. The fourth-order valence-electron chi connectivity index (χ4n) is 2.15. The summed E-state index contributed by atoms with van der Waals surface area (Å²) in [7, 11) is 0. The maximum atomic E-state index is 12.1. The Kier molecular flexibility index (Phi) is 4.53. The van der Waals surface area contributed by atoms with Crippen LogP contribution in [0.15, 0.2) is 48.5 Å². The SMILES string of the molecule is Cc1ccc(CNC(=O)C(N)c2ccccc2)c(C)c1. The van der Waals surface area contributed by atoms with Gasteiger partial charge < -0.3 is 11.1 Å². The Morgan fingerprint density at radius 1 is 1.15 bits per heavy atom. The van der Waals surface area contributed by atoms with Crippen molar-refractivity contribution in [2.24, 2.45) is 5.73 Å². The van der Waals surface area contributed by atoms with Crippen molar-refractivity contribution in [3.05, 3.63) is 70.8 Å². The van der Waals surface area contributed by atoms with E-state index in [4.69, 9.17) is 5.73 Å². The lowest BCUT2D eigenvalue weighted by Crippen LogP contribution is -2.33. The first-order chi connectivity index (χ1) is 9.58. The lowest BCUT2D eigenvalue weighted by molar-refractivity contribution is -0.122. The number of aryl methyl sites for hydroxylation is 2. The van der Waals surface area contributed by atoms with Crippen molar-refractivity contribution >= 4 is 5.91 Å². The summed E-state index contributed by atoms with van der Waals surface area (Å²) in [6.45, 7) is 4.61. The topological polar surface area (TPSA) is 55.1 Å². The number of rotatable bonds is 4. The molecule has 2 aromatic carbocycles. The van der Waals surface area contributed by atoms with E-state index < -0.39 is 6.04 Å². The maximum absolute atomic E-state index is 12.1. The standard InChI is InChI=1S/C17H20N2O/c1-12-8-9-15(13(2)10-12)11-19-17(20)16(18)14-6-4-3-5-7-14/h3-10,16H,11,18H2,1-2H3,(H,19,20). The minimum absolute atomic E-state index is 0.156. The molecule has 0 saturated carbocycles. The molecule has 0 spiro atoms. The van der Waals surface area contributed by atoms with Gasteiger partial charge in [0.1, 0.15) is 6.04 Å². The van der Waals surface area contributed by atoms with Gasteiger partial charge in [-0.3, -0.25) is 4.79 Å². The first kappa shape index (κ1) is 14.3. The van der Waals surface area contributed by atoms with Crippen LogP contribution in [0.25, 0.3) is 0 Å². The summed E-state index contributed by atoms with van der Waals surface area (Å²) in [5, 5.41) is 2.89. The number of carbonyl (C=O) groups is 1. The summed E-state index contributed by atoms with van der Waals surface area (Å²) in [6, 6.07) is 15.0. The smallest absolute Gasteiger partial charge is 0.241 e. The van der Waals surface area contributed by atoms with Crippen molar-refractivity contribution in [3.8, 4) is 0 Å². The van der Waals surface area contributed by atoms with Crippen LogP contribution in [0.1, 0.15) is 28.3 Å². The number of hydrogen-bond acceptors (Lipinski definition) is 2. The molecule has 20 heavy (non-hydrogen) atoms.